The van der Waals surface area contributed by atoms with E-state index in [0.717, 1.165) is 21.8 Å². The molecule has 0 spiro atoms. The fraction of sp³-hybridized carbons (Fsp3) is 0.333. The first-order valence-electron chi connectivity index (χ1n) is 13.3. The molecule has 1 saturated carbocycles. The van der Waals surface area contributed by atoms with Crippen molar-refractivity contribution in [2.24, 2.45) is 5.41 Å². The molecule has 3 aromatic heterocycles. The summed E-state index contributed by atoms with van der Waals surface area (Å²) in [5.74, 6) is -3.14. The second-order valence-electron chi connectivity index (χ2n) is 11.6. The summed E-state index contributed by atoms with van der Waals surface area (Å²) in [6.07, 6.45) is 3.03. The number of nitrogens with one attached hydrogen (secondary N) is 1. The fourth-order valence-electron chi connectivity index (χ4n) is 4.90. The van der Waals surface area contributed by atoms with Gasteiger partial charge in [-0.25, -0.2) is 31.1 Å². The predicted octanol–water partition coefficient (Wildman–Crippen LogP) is 5.97. The van der Waals surface area contributed by atoms with Crippen molar-refractivity contribution in [3.63, 3.8) is 0 Å². The van der Waals surface area contributed by atoms with E-state index in [4.69, 9.17) is 0 Å². The molecule has 0 bridgehead atoms. The summed E-state index contributed by atoms with van der Waals surface area (Å²) in [5.41, 5.74) is 0.169. The van der Waals surface area contributed by atoms with Gasteiger partial charge in [0.25, 0.3) is 10.0 Å². The van der Waals surface area contributed by atoms with Gasteiger partial charge in [-0.15, -0.1) is 0 Å². The van der Waals surface area contributed by atoms with Crippen molar-refractivity contribution < 1.29 is 27.1 Å². The minimum Gasteiger partial charge on any atom is -0.481 e. The lowest BCUT2D eigenvalue weighted by molar-refractivity contribution is -0.137. The molecule has 42 heavy (non-hydrogen) atoms. The van der Waals surface area contributed by atoms with E-state index >= 15 is 4.39 Å². The van der Waals surface area contributed by atoms with Crippen LogP contribution in [0.15, 0.2) is 47.6 Å². The van der Waals surface area contributed by atoms with Crippen molar-refractivity contribution in [3.05, 3.63) is 71.1 Å². The van der Waals surface area contributed by atoms with Gasteiger partial charge in [0, 0.05) is 28.8 Å². The van der Waals surface area contributed by atoms with E-state index in [1.165, 1.54) is 18.3 Å². The number of aryl methyl sites for hydroxylation is 1. The second-order valence-corrected chi connectivity index (χ2v) is 13.5. The second kappa shape index (κ2) is 10.5. The quantitative estimate of drug-likeness (QED) is 0.255. The van der Waals surface area contributed by atoms with Gasteiger partial charge in [0.1, 0.15) is 11.9 Å². The maximum absolute atomic E-state index is 16.0. The van der Waals surface area contributed by atoms with Crippen LogP contribution in [0.2, 0.25) is 0 Å². The Morgan fingerprint density at radius 2 is 1.90 bits per heavy atom. The van der Waals surface area contributed by atoms with Crippen LogP contribution in [-0.2, 0) is 14.8 Å². The molecule has 218 valence electrons. The van der Waals surface area contributed by atoms with E-state index in [9.17, 15) is 28.0 Å². The van der Waals surface area contributed by atoms with Crippen molar-refractivity contribution >= 4 is 32.8 Å². The average molecular weight is 594 g/mol. The third-order valence-electron chi connectivity index (χ3n) is 7.42. The van der Waals surface area contributed by atoms with Crippen LogP contribution in [0.1, 0.15) is 62.6 Å². The Balaban J connectivity index is 1.78. The molecule has 0 saturated heterocycles. The van der Waals surface area contributed by atoms with E-state index in [1.54, 1.807) is 32.9 Å². The largest absolute Gasteiger partial charge is 0.481 e. The van der Waals surface area contributed by atoms with Crippen LogP contribution >= 0.6 is 0 Å². The Labute approximate surface area is 241 Å². The average Bonchev–Trinajstić information content (AvgIpc) is 3.68. The molecule has 1 atom stereocenters. The zero-order valence-corrected chi connectivity index (χ0v) is 24.3. The highest BCUT2D eigenvalue weighted by Crippen LogP contribution is 2.47. The number of aromatic nitrogens is 3. The topological polar surface area (TPSA) is 138 Å². The van der Waals surface area contributed by atoms with Crippen LogP contribution in [0.4, 0.5) is 14.6 Å². The maximum Gasteiger partial charge on any atom is 0.305 e. The molecule has 0 amide bonds. The number of carbonyl (C=O) groups is 1. The number of halogens is 2. The molecule has 3 heterocycles. The number of nitrogens with zero attached hydrogens (tertiary/aromatic N) is 4. The molecular formula is C30H29F2N5O4S. The number of aliphatic carboxylic acids is 1. The summed E-state index contributed by atoms with van der Waals surface area (Å²) >= 11 is 0. The van der Waals surface area contributed by atoms with Crippen LogP contribution in [0.25, 0.3) is 22.3 Å². The third-order valence-corrected chi connectivity index (χ3v) is 9.08. The standard InChI is InChI=1S/C30H29F2N5O4S/c1-16-5-9-19(10-6-16)42(40,41)37-15-22(20-11-18(31)14-34-29(20)37)27-21(13-33)25(17-7-8-17)26(32)28(36-27)35-23(12-24(38)39)30(2,3)4/h5-6,9-11,14-15,17,23H,7-8,12H2,1-4H3,(H,35,36)(H,38,39). The maximum atomic E-state index is 16.0. The summed E-state index contributed by atoms with van der Waals surface area (Å²) in [5, 5.41) is 22.7. The summed E-state index contributed by atoms with van der Waals surface area (Å²) in [7, 11) is -4.22. The van der Waals surface area contributed by atoms with Gasteiger partial charge in [-0.05, 0) is 49.3 Å². The molecule has 0 radical (unpaired) electrons. The minimum atomic E-state index is -4.22. The number of fused-ring (bicyclic) bond motifs is 1. The monoisotopic (exact) mass is 593 g/mol. The summed E-state index contributed by atoms with van der Waals surface area (Å²) in [6.45, 7) is 7.22. The van der Waals surface area contributed by atoms with E-state index in [2.05, 4.69) is 15.3 Å². The Morgan fingerprint density at radius 3 is 2.48 bits per heavy atom. The zero-order valence-electron chi connectivity index (χ0n) is 23.4. The molecule has 1 aromatic carbocycles. The Morgan fingerprint density at radius 1 is 1.24 bits per heavy atom. The number of carboxylic acid groups (broad SMARTS) is 1. The summed E-state index contributed by atoms with van der Waals surface area (Å²) < 4.78 is 58.9. The highest BCUT2D eigenvalue weighted by molar-refractivity contribution is 7.90. The third kappa shape index (κ3) is 5.32. The Bertz CT molecular complexity index is 1870. The van der Waals surface area contributed by atoms with Crippen LogP contribution in [-0.4, -0.2) is 39.5 Å². The molecule has 1 fully saturated rings. The van der Waals surface area contributed by atoms with Crippen molar-refractivity contribution in [3.8, 4) is 17.3 Å². The number of anilines is 1. The number of benzene rings is 1. The first-order chi connectivity index (χ1) is 19.7. The lowest BCUT2D eigenvalue weighted by atomic mass is 9.84. The number of carboxylic acids is 1. The molecule has 2 N–H and O–H groups in total. The van der Waals surface area contributed by atoms with Crippen molar-refractivity contribution in [2.45, 2.75) is 63.8 Å². The van der Waals surface area contributed by atoms with Gasteiger partial charge in [0.05, 0.1) is 28.8 Å². The van der Waals surface area contributed by atoms with Crippen LogP contribution in [0, 0.1) is 35.3 Å². The van der Waals surface area contributed by atoms with Crippen molar-refractivity contribution in [1.29, 1.82) is 5.26 Å². The Kier molecular flexibility index (Phi) is 7.27. The molecule has 12 heteroatoms. The van der Waals surface area contributed by atoms with Gasteiger partial charge in [-0.3, -0.25) is 4.79 Å². The molecule has 1 aliphatic carbocycles. The van der Waals surface area contributed by atoms with E-state index in [0.29, 0.717) is 12.8 Å². The smallest absolute Gasteiger partial charge is 0.305 e. The van der Waals surface area contributed by atoms with Crippen LogP contribution in [0.5, 0.6) is 0 Å². The van der Waals surface area contributed by atoms with E-state index in [1.807, 2.05) is 13.0 Å². The number of nitriles is 1. The van der Waals surface area contributed by atoms with Crippen molar-refractivity contribution in [1.82, 2.24) is 13.9 Å². The van der Waals surface area contributed by atoms with Gasteiger partial charge in [-0.2, -0.15) is 5.26 Å². The van der Waals surface area contributed by atoms with Gasteiger partial charge in [0.2, 0.25) is 0 Å². The highest BCUT2D eigenvalue weighted by Gasteiger charge is 2.36. The molecule has 4 aromatic rings. The normalized spacial score (nSPS) is 14.5. The molecule has 9 nitrogen and oxygen atoms in total. The molecule has 1 unspecified atom stereocenters. The number of pyridine rings is 2. The number of hydrogen-bond donors (Lipinski definition) is 2. The summed E-state index contributed by atoms with van der Waals surface area (Å²) in [4.78, 5) is 20.1. The van der Waals surface area contributed by atoms with Gasteiger partial charge < -0.3 is 10.4 Å². The Hall–Kier alpha value is -4.37. The molecule has 0 aliphatic heterocycles. The zero-order chi connectivity index (χ0) is 30.6. The van der Waals surface area contributed by atoms with Crippen LogP contribution < -0.4 is 5.32 Å². The highest BCUT2D eigenvalue weighted by atomic mass is 32.2. The van der Waals surface area contributed by atoms with Crippen molar-refractivity contribution in [2.75, 3.05) is 5.32 Å². The molecule has 1 aliphatic rings. The van der Waals surface area contributed by atoms with E-state index < -0.39 is 39.1 Å². The first kappa shape index (κ1) is 29.1. The number of rotatable bonds is 8. The van der Waals surface area contributed by atoms with Gasteiger partial charge >= 0.3 is 5.97 Å². The lowest BCUT2D eigenvalue weighted by Gasteiger charge is -2.31. The van der Waals surface area contributed by atoms with E-state index in [-0.39, 0.29) is 56.5 Å². The number of hydrogen-bond acceptors (Lipinski definition) is 7. The summed E-state index contributed by atoms with van der Waals surface area (Å²) in [6, 6.07) is 8.56. The molecular weight excluding hydrogens is 564 g/mol. The van der Waals surface area contributed by atoms with Gasteiger partial charge in [-0.1, -0.05) is 38.5 Å². The lowest BCUT2D eigenvalue weighted by Crippen LogP contribution is -2.36. The van der Waals surface area contributed by atoms with Crippen LogP contribution in [0.3, 0.4) is 0 Å². The minimum absolute atomic E-state index is 0.0297. The SMILES string of the molecule is Cc1ccc(S(=O)(=O)n2cc(-c3nc(NC(CC(=O)O)C(C)(C)C)c(F)c(C4CC4)c3C#N)c3cc(F)cnc32)cc1. The first-order valence-corrected chi connectivity index (χ1v) is 14.8. The molecule has 5 rings (SSSR count). The van der Waals surface area contributed by atoms with Gasteiger partial charge in [0.15, 0.2) is 17.3 Å². The fourth-order valence-corrected chi connectivity index (χ4v) is 6.23. The predicted molar refractivity (Wildman–Crippen MR) is 152 cm³/mol.